The molecule has 2 rings (SSSR count). The molecule has 0 spiro atoms. The van der Waals surface area contributed by atoms with Gasteiger partial charge in [0.1, 0.15) is 5.82 Å². The first-order valence-electron chi connectivity index (χ1n) is 7.89. The lowest BCUT2D eigenvalue weighted by Crippen LogP contribution is -2.02. The molecule has 0 aliphatic rings. The van der Waals surface area contributed by atoms with Gasteiger partial charge in [0.25, 0.3) is 0 Å². The number of rotatable bonds is 8. The summed E-state index contributed by atoms with van der Waals surface area (Å²) < 4.78 is 2.35. The molecule has 1 aromatic heterocycles. The van der Waals surface area contributed by atoms with E-state index in [9.17, 15) is 0 Å². The van der Waals surface area contributed by atoms with E-state index in [1.165, 1.54) is 43.2 Å². The van der Waals surface area contributed by atoms with E-state index in [2.05, 4.69) is 49.2 Å². The van der Waals surface area contributed by atoms with Gasteiger partial charge in [0.15, 0.2) is 0 Å². The quantitative estimate of drug-likeness (QED) is 0.535. The molecule has 2 aromatic rings. The molecule has 3 heteroatoms. The molecule has 20 heavy (non-hydrogen) atoms. The Morgan fingerprint density at radius 3 is 2.60 bits per heavy atom. The Balaban J connectivity index is 2.13. The van der Waals surface area contributed by atoms with Gasteiger partial charge in [-0.25, -0.2) is 4.98 Å². The van der Waals surface area contributed by atoms with Crippen LogP contribution in [0.1, 0.15) is 57.3 Å². The molecule has 1 aromatic carbocycles. The number of fused-ring (bicyclic) bond motifs is 1. The fraction of sp³-hybridized carbons (Fsp3) is 0.588. The maximum atomic E-state index is 4.74. The second kappa shape index (κ2) is 7.72. The number of hydrogen-bond donors (Lipinski definition) is 1. The largest absolute Gasteiger partial charge is 0.327 e. The Kier molecular flexibility index (Phi) is 5.96. The molecule has 0 atom stereocenters. The average Bonchev–Trinajstić information content (AvgIpc) is 2.84. The summed E-state index contributed by atoms with van der Waals surface area (Å²) in [6, 6.07) is 6.66. The molecule has 110 valence electrons. The Hall–Kier alpha value is -0.960. The van der Waals surface area contributed by atoms with Gasteiger partial charge in [-0.1, -0.05) is 45.6 Å². The van der Waals surface area contributed by atoms with Gasteiger partial charge in [0.2, 0.25) is 0 Å². The van der Waals surface area contributed by atoms with Crippen molar-refractivity contribution in [3.63, 3.8) is 0 Å². The van der Waals surface area contributed by atoms with Gasteiger partial charge in [-0.3, -0.25) is 0 Å². The third-order valence-electron chi connectivity index (χ3n) is 3.93. The predicted octanol–water partition coefficient (Wildman–Crippen LogP) is 5.00. The van der Waals surface area contributed by atoms with Crippen molar-refractivity contribution in [2.45, 2.75) is 64.7 Å². The minimum atomic E-state index is 0.713. The van der Waals surface area contributed by atoms with Crippen molar-refractivity contribution in [3.8, 4) is 0 Å². The summed E-state index contributed by atoms with van der Waals surface area (Å²) in [7, 11) is 0. The molecule has 0 saturated heterocycles. The number of thiol groups is 1. The minimum Gasteiger partial charge on any atom is -0.327 e. The second-order valence-electron chi connectivity index (χ2n) is 5.43. The fourth-order valence-electron chi connectivity index (χ4n) is 2.69. The lowest BCUT2D eigenvalue weighted by Gasteiger charge is -2.08. The standard InChI is InChI=1S/C17H26N2S/c1-3-5-6-7-8-11-19-16-10-9-14(4-2)12-15(16)18-17(19)13-20/h9-10,12,20H,3-8,11,13H2,1-2H3. The third kappa shape index (κ3) is 3.57. The summed E-state index contributed by atoms with van der Waals surface area (Å²) in [5.41, 5.74) is 3.75. The summed E-state index contributed by atoms with van der Waals surface area (Å²) in [6.45, 7) is 5.51. The van der Waals surface area contributed by atoms with Crippen molar-refractivity contribution in [1.29, 1.82) is 0 Å². The van der Waals surface area contributed by atoms with Crippen molar-refractivity contribution >= 4 is 23.7 Å². The molecule has 2 nitrogen and oxygen atoms in total. The van der Waals surface area contributed by atoms with E-state index in [0.717, 1.165) is 24.3 Å². The number of benzene rings is 1. The normalized spacial score (nSPS) is 11.3. The molecule has 0 bridgehead atoms. The van der Waals surface area contributed by atoms with Crippen LogP contribution in [0.5, 0.6) is 0 Å². The maximum Gasteiger partial charge on any atom is 0.119 e. The van der Waals surface area contributed by atoms with Crippen LogP contribution in [-0.2, 0) is 18.7 Å². The SMILES string of the molecule is CCCCCCCn1c(CS)nc2cc(CC)ccc21. The molecule has 1 heterocycles. The van der Waals surface area contributed by atoms with Crippen LogP contribution in [0.3, 0.4) is 0 Å². The Morgan fingerprint density at radius 1 is 1.10 bits per heavy atom. The molecule has 0 aliphatic carbocycles. The predicted molar refractivity (Wildman–Crippen MR) is 90.6 cm³/mol. The summed E-state index contributed by atoms with van der Waals surface area (Å²) in [6.07, 6.45) is 7.61. The highest BCUT2D eigenvalue weighted by molar-refractivity contribution is 7.79. The molecule has 0 N–H and O–H groups in total. The van der Waals surface area contributed by atoms with Gasteiger partial charge in [-0.15, -0.1) is 0 Å². The summed E-state index contributed by atoms with van der Waals surface area (Å²) in [4.78, 5) is 4.74. The van der Waals surface area contributed by atoms with Crippen LogP contribution in [0.4, 0.5) is 0 Å². The molecule has 0 fully saturated rings. The molecule has 0 saturated carbocycles. The van der Waals surface area contributed by atoms with Gasteiger partial charge >= 0.3 is 0 Å². The lowest BCUT2D eigenvalue weighted by atomic mass is 10.1. The maximum absolute atomic E-state index is 4.74. The van der Waals surface area contributed by atoms with Crippen molar-refractivity contribution in [1.82, 2.24) is 9.55 Å². The van der Waals surface area contributed by atoms with Crippen LogP contribution in [0.15, 0.2) is 18.2 Å². The number of imidazole rings is 1. The molecule has 0 aliphatic heterocycles. The van der Waals surface area contributed by atoms with Crippen LogP contribution in [-0.4, -0.2) is 9.55 Å². The highest BCUT2D eigenvalue weighted by Gasteiger charge is 2.09. The van der Waals surface area contributed by atoms with Crippen LogP contribution in [0.2, 0.25) is 0 Å². The highest BCUT2D eigenvalue weighted by Crippen LogP contribution is 2.20. The minimum absolute atomic E-state index is 0.713. The van der Waals surface area contributed by atoms with E-state index in [1.54, 1.807) is 0 Å². The van der Waals surface area contributed by atoms with Gasteiger partial charge in [-0.05, 0) is 30.5 Å². The number of aryl methyl sites for hydroxylation is 2. The third-order valence-corrected chi connectivity index (χ3v) is 4.21. The topological polar surface area (TPSA) is 17.8 Å². The van der Waals surface area contributed by atoms with Crippen molar-refractivity contribution in [3.05, 3.63) is 29.6 Å². The van der Waals surface area contributed by atoms with Gasteiger partial charge in [0, 0.05) is 12.3 Å². The highest BCUT2D eigenvalue weighted by atomic mass is 32.1. The zero-order valence-corrected chi connectivity index (χ0v) is 13.6. The molecule has 0 radical (unpaired) electrons. The Labute approximate surface area is 128 Å². The fourth-order valence-corrected chi connectivity index (χ4v) is 2.93. The summed E-state index contributed by atoms with van der Waals surface area (Å²) in [5.74, 6) is 1.82. The second-order valence-corrected chi connectivity index (χ2v) is 5.74. The first kappa shape index (κ1) is 15.4. The van der Waals surface area contributed by atoms with Gasteiger partial charge < -0.3 is 4.57 Å². The number of hydrogen-bond acceptors (Lipinski definition) is 2. The molecule has 0 unspecified atom stereocenters. The van der Waals surface area contributed by atoms with E-state index >= 15 is 0 Å². The average molecular weight is 290 g/mol. The van der Waals surface area contributed by atoms with E-state index in [-0.39, 0.29) is 0 Å². The Morgan fingerprint density at radius 2 is 1.90 bits per heavy atom. The smallest absolute Gasteiger partial charge is 0.119 e. The number of unbranched alkanes of at least 4 members (excludes halogenated alkanes) is 4. The lowest BCUT2D eigenvalue weighted by molar-refractivity contribution is 0.568. The first-order valence-corrected chi connectivity index (χ1v) is 8.52. The number of nitrogens with zero attached hydrogens (tertiary/aromatic N) is 2. The van der Waals surface area contributed by atoms with Crippen LogP contribution >= 0.6 is 12.6 Å². The van der Waals surface area contributed by atoms with Crippen LogP contribution < -0.4 is 0 Å². The van der Waals surface area contributed by atoms with Gasteiger partial charge in [-0.2, -0.15) is 12.6 Å². The van der Waals surface area contributed by atoms with Crippen molar-refractivity contribution in [2.75, 3.05) is 0 Å². The monoisotopic (exact) mass is 290 g/mol. The zero-order chi connectivity index (χ0) is 14.4. The molecule has 0 amide bonds. The van der Waals surface area contributed by atoms with Crippen LogP contribution in [0.25, 0.3) is 11.0 Å². The van der Waals surface area contributed by atoms with E-state index in [0.29, 0.717) is 5.75 Å². The zero-order valence-electron chi connectivity index (χ0n) is 12.7. The van der Waals surface area contributed by atoms with Crippen molar-refractivity contribution in [2.24, 2.45) is 0 Å². The van der Waals surface area contributed by atoms with E-state index in [1.807, 2.05) is 0 Å². The van der Waals surface area contributed by atoms with Crippen molar-refractivity contribution < 1.29 is 0 Å². The van der Waals surface area contributed by atoms with Gasteiger partial charge in [0.05, 0.1) is 11.0 Å². The molecular weight excluding hydrogens is 264 g/mol. The van der Waals surface area contributed by atoms with E-state index in [4.69, 9.17) is 4.98 Å². The first-order chi connectivity index (χ1) is 9.80. The number of aromatic nitrogens is 2. The van der Waals surface area contributed by atoms with Crippen LogP contribution in [0, 0.1) is 0 Å². The van der Waals surface area contributed by atoms with E-state index < -0.39 is 0 Å². The Bertz CT molecular complexity index is 545. The summed E-state index contributed by atoms with van der Waals surface area (Å²) >= 11 is 4.43. The summed E-state index contributed by atoms with van der Waals surface area (Å²) in [5, 5.41) is 0. The molecular formula is C17H26N2S.